The van der Waals surface area contributed by atoms with Crippen LogP contribution in [0.1, 0.15) is 44.7 Å². The first kappa shape index (κ1) is 17.0. The van der Waals surface area contributed by atoms with Crippen LogP contribution >= 0.6 is 0 Å². The van der Waals surface area contributed by atoms with E-state index in [0.717, 1.165) is 64.1 Å². The van der Waals surface area contributed by atoms with E-state index in [-0.39, 0.29) is 11.8 Å². The molecule has 4 rings (SSSR count). The topological polar surface area (TPSA) is 61.6 Å². The van der Waals surface area contributed by atoms with Gasteiger partial charge in [0.05, 0.1) is 11.3 Å². The SMILES string of the molecule is CCn1ccc(CN2CC[C@@]3(O)CCN(C(=O)C4CCC4)C[C@H]3C2)n1. The van der Waals surface area contributed by atoms with Gasteiger partial charge in [-0.3, -0.25) is 14.4 Å². The number of nitrogens with zero attached hydrogens (tertiary/aromatic N) is 4. The molecule has 0 aromatic carbocycles. The number of amides is 1. The third kappa shape index (κ3) is 3.34. The summed E-state index contributed by atoms with van der Waals surface area (Å²) in [4.78, 5) is 17.0. The lowest BCUT2D eigenvalue weighted by atomic mass is 9.75. The van der Waals surface area contributed by atoms with Crippen molar-refractivity contribution < 1.29 is 9.90 Å². The number of aliphatic hydroxyl groups is 1. The van der Waals surface area contributed by atoms with Crippen LogP contribution < -0.4 is 0 Å². The molecule has 0 unspecified atom stereocenters. The lowest BCUT2D eigenvalue weighted by molar-refractivity contribution is -0.153. The van der Waals surface area contributed by atoms with E-state index in [1.807, 2.05) is 15.8 Å². The summed E-state index contributed by atoms with van der Waals surface area (Å²) in [6, 6.07) is 2.08. The van der Waals surface area contributed by atoms with E-state index in [1.54, 1.807) is 0 Å². The number of piperidine rings is 2. The normalized spacial score (nSPS) is 30.8. The Morgan fingerprint density at radius 1 is 1.32 bits per heavy atom. The molecule has 1 N–H and O–H groups in total. The molecule has 2 saturated heterocycles. The summed E-state index contributed by atoms with van der Waals surface area (Å²) in [5.41, 5.74) is 0.501. The molecule has 0 radical (unpaired) electrons. The Morgan fingerprint density at radius 3 is 2.80 bits per heavy atom. The van der Waals surface area contributed by atoms with Gasteiger partial charge in [0.1, 0.15) is 0 Å². The van der Waals surface area contributed by atoms with Crippen LogP contribution in [-0.2, 0) is 17.9 Å². The minimum Gasteiger partial charge on any atom is -0.389 e. The summed E-state index contributed by atoms with van der Waals surface area (Å²) < 4.78 is 1.95. The van der Waals surface area contributed by atoms with E-state index in [0.29, 0.717) is 12.5 Å². The fraction of sp³-hybridized carbons (Fsp3) is 0.789. The number of carbonyl (C=O) groups is 1. The van der Waals surface area contributed by atoms with E-state index in [2.05, 4.69) is 23.0 Å². The van der Waals surface area contributed by atoms with Crippen molar-refractivity contribution in [2.45, 2.75) is 57.7 Å². The predicted octanol–water partition coefficient (Wildman–Crippen LogP) is 1.49. The van der Waals surface area contributed by atoms with Crippen molar-refractivity contribution in [3.8, 4) is 0 Å². The van der Waals surface area contributed by atoms with Crippen molar-refractivity contribution in [3.05, 3.63) is 18.0 Å². The predicted molar refractivity (Wildman–Crippen MR) is 94.8 cm³/mol. The molecule has 0 bridgehead atoms. The Hall–Kier alpha value is -1.40. The first-order valence-corrected chi connectivity index (χ1v) is 9.83. The van der Waals surface area contributed by atoms with Crippen LogP contribution in [0.5, 0.6) is 0 Å². The third-order valence-corrected chi connectivity index (χ3v) is 6.53. The van der Waals surface area contributed by atoms with Gasteiger partial charge in [-0.15, -0.1) is 0 Å². The minimum atomic E-state index is -0.588. The van der Waals surface area contributed by atoms with Gasteiger partial charge in [0.15, 0.2) is 0 Å². The van der Waals surface area contributed by atoms with Crippen LogP contribution in [0.15, 0.2) is 12.3 Å². The molecule has 1 saturated carbocycles. The van der Waals surface area contributed by atoms with Gasteiger partial charge in [-0.2, -0.15) is 5.10 Å². The van der Waals surface area contributed by atoms with Gasteiger partial charge >= 0.3 is 0 Å². The first-order valence-electron chi connectivity index (χ1n) is 9.83. The van der Waals surface area contributed by atoms with Crippen molar-refractivity contribution in [1.29, 1.82) is 0 Å². The van der Waals surface area contributed by atoms with E-state index < -0.39 is 5.60 Å². The number of hydrogen-bond donors (Lipinski definition) is 1. The third-order valence-electron chi connectivity index (χ3n) is 6.53. The number of hydrogen-bond acceptors (Lipinski definition) is 4. The van der Waals surface area contributed by atoms with E-state index >= 15 is 0 Å². The van der Waals surface area contributed by atoms with Crippen LogP contribution in [0.3, 0.4) is 0 Å². The maximum absolute atomic E-state index is 12.6. The fourth-order valence-electron chi connectivity index (χ4n) is 4.52. The second-order valence-electron chi connectivity index (χ2n) is 8.11. The highest BCUT2D eigenvalue weighted by Crippen LogP contribution is 2.37. The molecule has 6 nitrogen and oxygen atoms in total. The van der Waals surface area contributed by atoms with Crippen LogP contribution in [0, 0.1) is 11.8 Å². The molecule has 25 heavy (non-hydrogen) atoms. The quantitative estimate of drug-likeness (QED) is 0.897. The highest BCUT2D eigenvalue weighted by Gasteiger charge is 2.46. The molecule has 1 aliphatic carbocycles. The molecule has 3 aliphatic rings. The zero-order valence-corrected chi connectivity index (χ0v) is 15.2. The maximum Gasteiger partial charge on any atom is 0.225 e. The van der Waals surface area contributed by atoms with Crippen molar-refractivity contribution in [2.75, 3.05) is 26.2 Å². The standard InChI is InChI=1S/C19H30N4O2/c1-2-23-9-6-17(20-23)14-21-10-7-19(25)8-11-22(13-16(19)12-21)18(24)15-4-3-5-15/h6,9,15-16,25H,2-5,7-8,10-14H2,1H3/t16-,19-/m1/s1. The van der Waals surface area contributed by atoms with Crippen molar-refractivity contribution in [3.63, 3.8) is 0 Å². The average molecular weight is 346 g/mol. The molecule has 0 spiro atoms. The number of aromatic nitrogens is 2. The van der Waals surface area contributed by atoms with Crippen LogP contribution in [0.2, 0.25) is 0 Å². The second kappa shape index (κ2) is 6.72. The van der Waals surface area contributed by atoms with Crippen molar-refractivity contribution in [2.24, 2.45) is 11.8 Å². The average Bonchev–Trinajstić information content (AvgIpc) is 3.00. The lowest BCUT2D eigenvalue weighted by Gasteiger charge is -2.50. The van der Waals surface area contributed by atoms with E-state index in [9.17, 15) is 9.90 Å². The fourth-order valence-corrected chi connectivity index (χ4v) is 4.52. The molecule has 6 heteroatoms. The monoisotopic (exact) mass is 346 g/mol. The first-order chi connectivity index (χ1) is 12.1. The molecule has 138 valence electrons. The molecular weight excluding hydrogens is 316 g/mol. The Balaban J connectivity index is 1.38. The van der Waals surface area contributed by atoms with Gasteiger partial charge in [0.2, 0.25) is 5.91 Å². The summed E-state index contributed by atoms with van der Waals surface area (Å²) in [6.45, 7) is 7.01. The number of aryl methyl sites for hydroxylation is 1. The number of rotatable bonds is 4. The minimum absolute atomic E-state index is 0.160. The lowest BCUT2D eigenvalue weighted by Crippen LogP contribution is -2.61. The highest BCUT2D eigenvalue weighted by atomic mass is 16.3. The zero-order valence-electron chi connectivity index (χ0n) is 15.2. The Kier molecular flexibility index (Phi) is 4.58. The molecule has 3 fully saturated rings. The summed E-state index contributed by atoms with van der Waals surface area (Å²) in [5.74, 6) is 0.739. The molecule has 1 aromatic rings. The van der Waals surface area contributed by atoms with Crippen LogP contribution in [-0.4, -0.2) is 62.4 Å². The van der Waals surface area contributed by atoms with Gasteiger partial charge in [-0.05, 0) is 38.7 Å². The van der Waals surface area contributed by atoms with Gasteiger partial charge in [-0.25, -0.2) is 0 Å². The largest absolute Gasteiger partial charge is 0.389 e. The van der Waals surface area contributed by atoms with E-state index in [4.69, 9.17) is 0 Å². The van der Waals surface area contributed by atoms with E-state index in [1.165, 1.54) is 6.42 Å². The molecule has 2 atom stereocenters. The highest BCUT2D eigenvalue weighted by molar-refractivity contribution is 5.79. The number of carbonyl (C=O) groups excluding carboxylic acids is 1. The van der Waals surface area contributed by atoms with Gasteiger partial charge in [0.25, 0.3) is 0 Å². The van der Waals surface area contributed by atoms with Crippen LogP contribution in [0.4, 0.5) is 0 Å². The molecule has 1 amide bonds. The summed E-state index contributed by atoms with van der Waals surface area (Å²) in [6.07, 6.45) is 6.85. The zero-order chi connectivity index (χ0) is 17.4. The molecular formula is C19H30N4O2. The summed E-state index contributed by atoms with van der Waals surface area (Å²) in [5, 5.41) is 15.6. The Morgan fingerprint density at radius 2 is 2.12 bits per heavy atom. The molecule has 1 aromatic heterocycles. The smallest absolute Gasteiger partial charge is 0.225 e. The second-order valence-corrected chi connectivity index (χ2v) is 8.11. The van der Waals surface area contributed by atoms with Crippen molar-refractivity contribution in [1.82, 2.24) is 19.6 Å². The number of fused-ring (bicyclic) bond motifs is 1. The Bertz CT molecular complexity index is 627. The molecule has 2 aliphatic heterocycles. The number of likely N-dealkylation sites (tertiary alicyclic amines) is 2. The Labute approximate surface area is 149 Å². The summed E-state index contributed by atoms with van der Waals surface area (Å²) in [7, 11) is 0. The van der Waals surface area contributed by atoms with Gasteiger partial charge < -0.3 is 10.0 Å². The van der Waals surface area contributed by atoms with Gasteiger partial charge in [-0.1, -0.05) is 6.42 Å². The maximum atomic E-state index is 12.6. The van der Waals surface area contributed by atoms with Crippen molar-refractivity contribution >= 4 is 5.91 Å². The molecule has 3 heterocycles. The summed E-state index contributed by atoms with van der Waals surface area (Å²) >= 11 is 0. The van der Waals surface area contributed by atoms with Crippen LogP contribution in [0.25, 0.3) is 0 Å². The van der Waals surface area contributed by atoms with Gasteiger partial charge in [0, 0.05) is 57.3 Å².